The predicted octanol–water partition coefficient (Wildman–Crippen LogP) is 1.17. The number of hydrogen-bond donors (Lipinski definition) is 1. The largest absolute Gasteiger partial charge is 0.389 e. The predicted molar refractivity (Wildman–Crippen MR) is 69.2 cm³/mol. The quantitative estimate of drug-likeness (QED) is 0.903. The topological polar surface area (TPSA) is 41.9 Å². The highest BCUT2D eigenvalue weighted by Gasteiger charge is 2.35. The number of aliphatic hydroxyl groups is 1. The summed E-state index contributed by atoms with van der Waals surface area (Å²) in [6.45, 7) is 1.02. The molecule has 2 rings (SSSR count). The van der Waals surface area contributed by atoms with Crippen LogP contribution in [0.1, 0.15) is 5.56 Å². The Kier molecular flexibility index (Phi) is 5.04. The van der Waals surface area contributed by atoms with Crippen molar-refractivity contribution in [2.45, 2.75) is 24.8 Å². The first kappa shape index (κ1) is 15.3. The van der Waals surface area contributed by atoms with Crippen LogP contribution in [0.25, 0.3) is 0 Å². The number of rotatable bonds is 4. The Hall–Kier alpha value is -1.08. The minimum Gasteiger partial charge on any atom is -0.389 e. The van der Waals surface area contributed by atoms with Gasteiger partial charge in [0.2, 0.25) is 0 Å². The van der Waals surface area contributed by atoms with Gasteiger partial charge in [0.1, 0.15) is 23.8 Å². The van der Waals surface area contributed by atoms with Gasteiger partial charge in [-0.1, -0.05) is 0 Å². The molecule has 0 saturated carbocycles. The van der Waals surface area contributed by atoms with E-state index >= 15 is 0 Å². The SMILES string of the molecule is CO[C@@H]1COC[C@@H](N(C)Cc2cc(F)cc(F)c2)[C@@H]1O. The van der Waals surface area contributed by atoms with Crippen molar-refractivity contribution in [3.8, 4) is 0 Å². The molecule has 1 aromatic rings. The third-order valence-electron chi connectivity index (χ3n) is 3.57. The van der Waals surface area contributed by atoms with E-state index in [1.807, 2.05) is 4.90 Å². The van der Waals surface area contributed by atoms with Gasteiger partial charge in [0.05, 0.1) is 19.3 Å². The van der Waals surface area contributed by atoms with Crippen molar-refractivity contribution in [2.75, 3.05) is 27.4 Å². The molecule has 1 N–H and O–H groups in total. The Morgan fingerprint density at radius 3 is 2.55 bits per heavy atom. The average Bonchev–Trinajstić information content (AvgIpc) is 2.37. The number of nitrogens with zero attached hydrogens (tertiary/aromatic N) is 1. The van der Waals surface area contributed by atoms with Gasteiger partial charge in [-0.3, -0.25) is 4.90 Å². The molecule has 1 aromatic carbocycles. The second-order valence-electron chi connectivity index (χ2n) is 5.06. The third kappa shape index (κ3) is 3.52. The monoisotopic (exact) mass is 287 g/mol. The Morgan fingerprint density at radius 1 is 1.30 bits per heavy atom. The molecule has 1 fully saturated rings. The molecule has 1 aliphatic heterocycles. The van der Waals surface area contributed by atoms with Crippen LogP contribution in [0, 0.1) is 11.6 Å². The number of halogens is 2. The van der Waals surface area contributed by atoms with E-state index in [4.69, 9.17) is 9.47 Å². The Morgan fingerprint density at radius 2 is 1.95 bits per heavy atom. The lowest BCUT2D eigenvalue weighted by molar-refractivity contribution is -0.142. The van der Waals surface area contributed by atoms with Crippen LogP contribution in [-0.2, 0) is 16.0 Å². The van der Waals surface area contributed by atoms with Gasteiger partial charge in [-0.15, -0.1) is 0 Å². The zero-order chi connectivity index (χ0) is 14.7. The minimum atomic E-state index is -0.697. The van der Waals surface area contributed by atoms with Crippen molar-refractivity contribution in [3.63, 3.8) is 0 Å². The molecule has 0 radical (unpaired) electrons. The van der Waals surface area contributed by atoms with Gasteiger partial charge >= 0.3 is 0 Å². The zero-order valence-corrected chi connectivity index (χ0v) is 11.6. The lowest BCUT2D eigenvalue weighted by atomic mass is 10.0. The van der Waals surface area contributed by atoms with Crippen molar-refractivity contribution in [3.05, 3.63) is 35.4 Å². The second-order valence-corrected chi connectivity index (χ2v) is 5.06. The minimum absolute atomic E-state index is 0.278. The fourth-order valence-corrected chi connectivity index (χ4v) is 2.45. The average molecular weight is 287 g/mol. The summed E-state index contributed by atoms with van der Waals surface area (Å²) in [5.41, 5.74) is 0.511. The van der Waals surface area contributed by atoms with Crippen LogP contribution in [-0.4, -0.2) is 55.6 Å². The van der Waals surface area contributed by atoms with E-state index in [-0.39, 0.29) is 12.1 Å². The van der Waals surface area contributed by atoms with E-state index in [2.05, 4.69) is 0 Å². The molecule has 1 heterocycles. The molecule has 0 bridgehead atoms. The molecule has 4 nitrogen and oxygen atoms in total. The zero-order valence-electron chi connectivity index (χ0n) is 11.6. The number of ether oxygens (including phenoxy) is 2. The molecule has 1 saturated heterocycles. The molecule has 0 aliphatic carbocycles. The van der Waals surface area contributed by atoms with E-state index in [0.29, 0.717) is 25.3 Å². The number of hydrogen-bond acceptors (Lipinski definition) is 4. The normalized spacial score (nSPS) is 27.0. The van der Waals surface area contributed by atoms with Crippen molar-refractivity contribution >= 4 is 0 Å². The molecule has 1 aliphatic rings. The van der Waals surface area contributed by atoms with Gasteiger partial charge in [0.25, 0.3) is 0 Å². The highest BCUT2D eigenvalue weighted by atomic mass is 19.1. The highest BCUT2D eigenvalue weighted by molar-refractivity contribution is 5.18. The first-order valence-corrected chi connectivity index (χ1v) is 6.45. The summed E-state index contributed by atoms with van der Waals surface area (Å²) in [7, 11) is 3.29. The van der Waals surface area contributed by atoms with Crippen LogP contribution in [0.4, 0.5) is 8.78 Å². The van der Waals surface area contributed by atoms with E-state index in [1.54, 1.807) is 7.05 Å². The third-order valence-corrected chi connectivity index (χ3v) is 3.57. The van der Waals surface area contributed by atoms with Crippen molar-refractivity contribution in [2.24, 2.45) is 0 Å². The summed E-state index contributed by atoms with van der Waals surface area (Å²) < 4.78 is 36.9. The first-order valence-electron chi connectivity index (χ1n) is 6.45. The Balaban J connectivity index is 2.05. The first-order chi connectivity index (χ1) is 9.51. The van der Waals surface area contributed by atoms with E-state index in [9.17, 15) is 13.9 Å². The maximum Gasteiger partial charge on any atom is 0.126 e. The molecule has 112 valence electrons. The van der Waals surface area contributed by atoms with Crippen molar-refractivity contribution < 1.29 is 23.4 Å². The van der Waals surface area contributed by atoms with Crippen LogP contribution >= 0.6 is 0 Å². The summed E-state index contributed by atoms with van der Waals surface area (Å²) in [5.74, 6) is -1.22. The maximum absolute atomic E-state index is 13.2. The lowest BCUT2D eigenvalue weighted by Crippen LogP contribution is -2.55. The summed E-state index contributed by atoms with van der Waals surface area (Å²) in [6.07, 6.45) is -1.09. The van der Waals surface area contributed by atoms with Crippen molar-refractivity contribution in [1.82, 2.24) is 4.90 Å². The van der Waals surface area contributed by atoms with Gasteiger partial charge in [-0.05, 0) is 24.7 Å². The van der Waals surface area contributed by atoms with Crippen LogP contribution in [0.3, 0.4) is 0 Å². The standard InChI is InChI=1S/C14H19F2NO3/c1-17(6-9-3-10(15)5-11(16)4-9)12-7-20-8-13(19-2)14(12)18/h3-5,12-14,18H,6-8H2,1-2H3/t12-,13-,14+/m1/s1. The second kappa shape index (κ2) is 6.58. The van der Waals surface area contributed by atoms with E-state index in [0.717, 1.165) is 6.07 Å². The van der Waals surface area contributed by atoms with Gasteiger partial charge in [0.15, 0.2) is 0 Å². The van der Waals surface area contributed by atoms with Crippen molar-refractivity contribution in [1.29, 1.82) is 0 Å². The lowest BCUT2D eigenvalue weighted by Gasteiger charge is -2.38. The smallest absolute Gasteiger partial charge is 0.126 e. The Bertz CT molecular complexity index is 438. The summed E-state index contributed by atoms with van der Waals surface area (Å²) in [6, 6.07) is 3.12. The maximum atomic E-state index is 13.2. The molecule has 0 aromatic heterocycles. The number of benzene rings is 1. The molecule has 0 unspecified atom stereocenters. The molecular weight excluding hydrogens is 268 g/mol. The van der Waals surface area contributed by atoms with Crippen LogP contribution in [0.5, 0.6) is 0 Å². The van der Waals surface area contributed by atoms with E-state index in [1.165, 1.54) is 19.2 Å². The summed E-state index contributed by atoms with van der Waals surface area (Å²) in [5, 5.41) is 10.2. The molecular formula is C14H19F2NO3. The summed E-state index contributed by atoms with van der Waals surface area (Å²) >= 11 is 0. The van der Waals surface area contributed by atoms with Gasteiger partial charge < -0.3 is 14.6 Å². The van der Waals surface area contributed by atoms with E-state index < -0.39 is 17.7 Å². The van der Waals surface area contributed by atoms with Gasteiger partial charge in [-0.25, -0.2) is 8.78 Å². The number of likely N-dealkylation sites (N-methyl/N-ethyl adjacent to an activating group) is 1. The van der Waals surface area contributed by atoms with Crippen LogP contribution in [0.2, 0.25) is 0 Å². The molecule has 0 spiro atoms. The fourth-order valence-electron chi connectivity index (χ4n) is 2.45. The van der Waals surface area contributed by atoms with Crippen LogP contribution < -0.4 is 0 Å². The fraction of sp³-hybridized carbons (Fsp3) is 0.571. The molecule has 20 heavy (non-hydrogen) atoms. The van der Waals surface area contributed by atoms with Gasteiger partial charge in [-0.2, -0.15) is 0 Å². The molecule has 6 heteroatoms. The highest BCUT2D eigenvalue weighted by Crippen LogP contribution is 2.18. The van der Waals surface area contributed by atoms with Crippen LogP contribution in [0.15, 0.2) is 18.2 Å². The summed E-state index contributed by atoms with van der Waals surface area (Å²) in [4.78, 5) is 1.81. The Labute approximate surface area is 116 Å². The number of methoxy groups -OCH3 is 1. The number of aliphatic hydroxyl groups excluding tert-OH is 1. The molecule has 3 atom stereocenters. The molecule has 0 amide bonds. The van der Waals surface area contributed by atoms with Gasteiger partial charge in [0, 0.05) is 19.7 Å².